The van der Waals surface area contributed by atoms with Crippen molar-refractivity contribution in [3.8, 4) is 0 Å². The molecule has 0 bridgehead atoms. The van der Waals surface area contributed by atoms with Gasteiger partial charge in [-0.3, -0.25) is 4.79 Å². The lowest BCUT2D eigenvalue weighted by atomic mass is 10.1. The van der Waals surface area contributed by atoms with Gasteiger partial charge >= 0.3 is 0 Å². The maximum atomic E-state index is 12.5. The van der Waals surface area contributed by atoms with Gasteiger partial charge in [-0.15, -0.1) is 0 Å². The number of amides is 1. The normalized spacial score (nSPS) is 21.4. The molecule has 5 heteroatoms. The molecule has 1 N–H and O–H groups in total. The molecule has 2 fully saturated rings. The lowest BCUT2D eigenvalue weighted by molar-refractivity contribution is 0.0772. The van der Waals surface area contributed by atoms with Gasteiger partial charge in [0.05, 0.1) is 6.10 Å². The average Bonchev–Trinajstić information content (AvgIpc) is 3.10. The van der Waals surface area contributed by atoms with Gasteiger partial charge in [-0.2, -0.15) is 11.8 Å². The zero-order valence-corrected chi connectivity index (χ0v) is 14.7. The third-order valence-electron chi connectivity index (χ3n) is 4.58. The Hall–Kier alpha value is -1.20. The molecule has 2 saturated heterocycles. The van der Waals surface area contributed by atoms with Crippen molar-refractivity contribution in [2.75, 3.05) is 43.1 Å². The van der Waals surface area contributed by atoms with Gasteiger partial charge in [-0.25, -0.2) is 0 Å². The van der Waals surface area contributed by atoms with Crippen LogP contribution in [0.5, 0.6) is 0 Å². The zero-order chi connectivity index (χ0) is 16.1. The first-order valence-electron chi connectivity index (χ1n) is 8.57. The zero-order valence-electron chi connectivity index (χ0n) is 13.8. The number of carbonyl (C=O) groups excluding carboxylic acids is 1. The van der Waals surface area contributed by atoms with Crippen molar-refractivity contribution < 1.29 is 9.53 Å². The monoisotopic (exact) mass is 334 g/mol. The average molecular weight is 334 g/mol. The number of nitrogens with one attached hydrogen (secondary N) is 1. The summed E-state index contributed by atoms with van der Waals surface area (Å²) in [5, 5.41) is 3.48. The number of anilines is 1. The number of rotatable bonds is 5. The highest BCUT2D eigenvalue weighted by molar-refractivity contribution is 7.99. The topological polar surface area (TPSA) is 41.6 Å². The third-order valence-corrected chi connectivity index (χ3v) is 5.52. The second kappa shape index (κ2) is 8.06. The van der Waals surface area contributed by atoms with Crippen LogP contribution in [0.25, 0.3) is 0 Å². The number of benzene rings is 1. The van der Waals surface area contributed by atoms with Crippen LogP contribution in [0.1, 0.15) is 35.2 Å². The van der Waals surface area contributed by atoms with E-state index in [0.29, 0.717) is 6.10 Å². The molecule has 0 unspecified atom stereocenters. The van der Waals surface area contributed by atoms with Gasteiger partial charge in [0, 0.05) is 49.0 Å². The Balaban J connectivity index is 1.55. The van der Waals surface area contributed by atoms with Crippen molar-refractivity contribution in [3.05, 3.63) is 29.3 Å². The van der Waals surface area contributed by atoms with Crippen molar-refractivity contribution in [2.24, 2.45) is 0 Å². The molecule has 126 valence electrons. The van der Waals surface area contributed by atoms with E-state index in [4.69, 9.17) is 4.74 Å². The van der Waals surface area contributed by atoms with Crippen LogP contribution in [0.2, 0.25) is 0 Å². The predicted molar refractivity (Wildman–Crippen MR) is 96.5 cm³/mol. The van der Waals surface area contributed by atoms with Gasteiger partial charge in [-0.1, -0.05) is 0 Å². The van der Waals surface area contributed by atoms with Gasteiger partial charge < -0.3 is 15.0 Å². The predicted octanol–water partition coefficient (Wildman–Crippen LogP) is 3.17. The molecule has 2 heterocycles. The summed E-state index contributed by atoms with van der Waals surface area (Å²) >= 11 is 1.92. The fourth-order valence-electron chi connectivity index (χ4n) is 3.18. The molecule has 0 aromatic heterocycles. The molecular formula is C18H26N2O2S. The Kier molecular flexibility index (Phi) is 5.84. The van der Waals surface area contributed by atoms with E-state index < -0.39 is 0 Å². The number of hydrogen-bond acceptors (Lipinski definition) is 4. The lowest BCUT2D eigenvalue weighted by Crippen LogP contribution is -2.37. The molecule has 1 amide bonds. The lowest BCUT2D eigenvalue weighted by Gasteiger charge is -2.26. The summed E-state index contributed by atoms with van der Waals surface area (Å²) in [4.78, 5) is 14.5. The maximum absolute atomic E-state index is 12.5. The van der Waals surface area contributed by atoms with Gasteiger partial charge in [0.15, 0.2) is 0 Å². The smallest absolute Gasteiger partial charge is 0.253 e. The van der Waals surface area contributed by atoms with E-state index in [0.717, 1.165) is 61.0 Å². The van der Waals surface area contributed by atoms with E-state index in [1.54, 1.807) is 0 Å². The van der Waals surface area contributed by atoms with Crippen LogP contribution in [-0.2, 0) is 4.74 Å². The molecule has 1 aromatic carbocycles. The molecule has 4 nitrogen and oxygen atoms in total. The van der Waals surface area contributed by atoms with Crippen LogP contribution in [0, 0.1) is 6.92 Å². The molecule has 23 heavy (non-hydrogen) atoms. The fraction of sp³-hybridized carbons (Fsp3) is 0.611. The van der Waals surface area contributed by atoms with Gasteiger partial charge in [0.25, 0.3) is 5.91 Å². The van der Waals surface area contributed by atoms with Crippen molar-refractivity contribution in [2.45, 2.75) is 32.3 Å². The molecule has 1 atom stereocenters. The Labute approximate surface area is 143 Å². The quantitative estimate of drug-likeness (QED) is 0.898. The van der Waals surface area contributed by atoms with Crippen molar-refractivity contribution in [3.63, 3.8) is 0 Å². The Morgan fingerprint density at radius 3 is 2.91 bits per heavy atom. The molecule has 2 aliphatic heterocycles. The van der Waals surface area contributed by atoms with Gasteiger partial charge in [0.1, 0.15) is 0 Å². The molecule has 0 aliphatic carbocycles. The van der Waals surface area contributed by atoms with Crippen LogP contribution in [-0.4, -0.2) is 54.7 Å². The molecular weight excluding hydrogens is 308 g/mol. The highest BCUT2D eigenvalue weighted by atomic mass is 32.2. The first kappa shape index (κ1) is 16.7. The van der Waals surface area contributed by atoms with E-state index >= 15 is 0 Å². The second-order valence-corrected chi connectivity index (χ2v) is 7.51. The van der Waals surface area contributed by atoms with E-state index in [-0.39, 0.29) is 5.91 Å². The summed E-state index contributed by atoms with van der Waals surface area (Å²) in [6, 6.07) is 6.00. The Morgan fingerprint density at radius 2 is 2.22 bits per heavy atom. The highest BCUT2D eigenvalue weighted by Gasteiger charge is 2.19. The summed E-state index contributed by atoms with van der Waals surface area (Å²) in [5.74, 6) is 2.26. The minimum atomic E-state index is 0.166. The number of hydrogen-bond donors (Lipinski definition) is 1. The Morgan fingerprint density at radius 1 is 1.39 bits per heavy atom. The van der Waals surface area contributed by atoms with Crippen molar-refractivity contribution >= 4 is 23.4 Å². The fourth-order valence-corrected chi connectivity index (χ4v) is 4.09. The number of ether oxygens (including phenoxy) is 1. The first-order valence-corrected chi connectivity index (χ1v) is 9.72. The highest BCUT2D eigenvalue weighted by Crippen LogP contribution is 2.20. The minimum absolute atomic E-state index is 0.166. The number of thioether (sulfide) groups is 1. The van der Waals surface area contributed by atoms with E-state index in [9.17, 15) is 4.79 Å². The molecule has 1 aromatic rings. The molecule has 0 saturated carbocycles. The summed E-state index contributed by atoms with van der Waals surface area (Å²) in [7, 11) is 0. The van der Waals surface area contributed by atoms with Gasteiger partial charge in [-0.05, 0) is 49.9 Å². The SMILES string of the molecule is Cc1cc(C(=O)N2CCSCC2)ccc1NCC[C@@H]1CCCO1. The van der Waals surface area contributed by atoms with Crippen LogP contribution >= 0.6 is 11.8 Å². The molecule has 0 radical (unpaired) electrons. The molecule has 0 spiro atoms. The summed E-state index contributed by atoms with van der Waals surface area (Å²) in [6.07, 6.45) is 3.84. The summed E-state index contributed by atoms with van der Waals surface area (Å²) in [5.41, 5.74) is 3.06. The maximum Gasteiger partial charge on any atom is 0.253 e. The Bertz CT molecular complexity index is 538. The summed E-state index contributed by atoms with van der Waals surface area (Å²) < 4.78 is 5.65. The van der Waals surface area contributed by atoms with Crippen molar-refractivity contribution in [1.29, 1.82) is 0 Å². The second-order valence-electron chi connectivity index (χ2n) is 6.28. The number of nitrogens with zero attached hydrogens (tertiary/aromatic N) is 1. The standard InChI is InChI=1S/C18H26N2O2S/c1-14-13-15(18(21)20-8-11-23-12-9-20)4-5-17(14)19-7-6-16-3-2-10-22-16/h4-5,13,16,19H,2-3,6-12H2,1H3/t16-/m0/s1. The van der Waals surface area contributed by atoms with E-state index in [1.165, 1.54) is 12.8 Å². The van der Waals surface area contributed by atoms with Crippen LogP contribution in [0.3, 0.4) is 0 Å². The number of aryl methyl sites for hydroxylation is 1. The summed E-state index contributed by atoms with van der Waals surface area (Å²) in [6.45, 7) is 5.63. The first-order chi connectivity index (χ1) is 11.2. The van der Waals surface area contributed by atoms with Gasteiger partial charge in [0.2, 0.25) is 0 Å². The molecule has 3 rings (SSSR count). The van der Waals surface area contributed by atoms with E-state index in [1.807, 2.05) is 34.9 Å². The van der Waals surface area contributed by atoms with Crippen LogP contribution in [0.4, 0.5) is 5.69 Å². The van der Waals surface area contributed by atoms with Crippen LogP contribution in [0.15, 0.2) is 18.2 Å². The van der Waals surface area contributed by atoms with Crippen molar-refractivity contribution in [1.82, 2.24) is 4.90 Å². The minimum Gasteiger partial charge on any atom is -0.385 e. The number of carbonyl (C=O) groups is 1. The largest absolute Gasteiger partial charge is 0.385 e. The van der Waals surface area contributed by atoms with Crippen LogP contribution < -0.4 is 5.32 Å². The molecule has 2 aliphatic rings. The van der Waals surface area contributed by atoms with E-state index in [2.05, 4.69) is 12.2 Å². The third kappa shape index (κ3) is 4.42.